The summed E-state index contributed by atoms with van der Waals surface area (Å²) >= 11 is 0. The molecular weight excluding hydrogens is 247 g/mol. The van der Waals surface area contributed by atoms with Gasteiger partial charge in [0.25, 0.3) is 0 Å². The van der Waals surface area contributed by atoms with Crippen molar-refractivity contribution in [2.45, 2.75) is 0 Å². The first-order valence-corrected chi connectivity index (χ1v) is 2.35. The fraction of sp³-hybridized carbons (Fsp3) is 0. The van der Waals surface area contributed by atoms with Gasteiger partial charge in [-0.15, -0.1) is 0 Å². The van der Waals surface area contributed by atoms with E-state index in [0.717, 1.165) is 0 Å². The van der Waals surface area contributed by atoms with Crippen LogP contribution in [-0.4, -0.2) is 14.7 Å². The molecule has 0 amide bonds. The Labute approximate surface area is 75.3 Å². The molecule has 4 nitrogen and oxygen atoms in total. The first kappa shape index (κ1) is 10.6. The standard InChI is InChI=1S/Eu.H3O4P/c;1-5(2,3)4/h;(H3,1,2,3,4). The number of phosphoric acid groups is 1. The van der Waals surface area contributed by atoms with Crippen LogP contribution >= 0.6 is 7.82 Å². The molecule has 0 rings (SSSR count). The Morgan fingerprint density at radius 3 is 1.17 bits per heavy atom. The first-order valence-electron chi connectivity index (χ1n) is 0.783. The van der Waals surface area contributed by atoms with Gasteiger partial charge in [-0.2, -0.15) is 0 Å². The van der Waals surface area contributed by atoms with E-state index < -0.39 is 7.82 Å². The van der Waals surface area contributed by atoms with Crippen LogP contribution in [0, 0.1) is 49.4 Å². The third kappa shape index (κ3) is 43.7. The molecule has 0 aliphatic carbocycles. The fourth-order valence-electron chi connectivity index (χ4n) is 0. The van der Waals surface area contributed by atoms with Crippen LogP contribution in [0.1, 0.15) is 0 Å². The molecule has 6 heteroatoms. The molecule has 0 atom stereocenters. The van der Waals surface area contributed by atoms with E-state index in [-0.39, 0.29) is 49.4 Å². The van der Waals surface area contributed by atoms with Crippen LogP contribution < -0.4 is 0 Å². The number of hydrogen-bond donors (Lipinski definition) is 3. The third-order valence-electron chi connectivity index (χ3n) is 0. The van der Waals surface area contributed by atoms with E-state index in [2.05, 4.69) is 0 Å². The van der Waals surface area contributed by atoms with Gasteiger partial charge >= 0.3 is 7.82 Å². The van der Waals surface area contributed by atoms with E-state index in [4.69, 9.17) is 19.2 Å². The van der Waals surface area contributed by atoms with Gasteiger partial charge in [-0.3, -0.25) is 0 Å². The van der Waals surface area contributed by atoms with Crippen molar-refractivity contribution < 1.29 is 68.6 Å². The molecular formula is H3EuO4P. The van der Waals surface area contributed by atoms with E-state index in [1.807, 2.05) is 0 Å². The van der Waals surface area contributed by atoms with Crippen LogP contribution in [0.4, 0.5) is 0 Å². The summed E-state index contributed by atoms with van der Waals surface area (Å²) in [5.41, 5.74) is 0. The Hall–Kier alpha value is 1.69. The van der Waals surface area contributed by atoms with E-state index in [1.165, 1.54) is 0 Å². The second kappa shape index (κ2) is 3.67. The Kier molecular flexibility index (Phi) is 6.50. The Balaban J connectivity index is 0. The topological polar surface area (TPSA) is 77.8 Å². The Bertz CT molecular complexity index is 53.7. The van der Waals surface area contributed by atoms with Crippen molar-refractivity contribution in [3.63, 3.8) is 0 Å². The molecule has 0 aromatic heterocycles. The molecule has 0 aromatic rings. The summed E-state index contributed by atoms with van der Waals surface area (Å²) in [5, 5.41) is 0. The molecule has 6 heavy (non-hydrogen) atoms. The van der Waals surface area contributed by atoms with Crippen molar-refractivity contribution in [3.05, 3.63) is 0 Å². The van der Waals surface area contributed by atoms with Gasteiger partial charge in [0, 0.05) is 49.4 Å². The minimum absolute atomic E-state index is 0. The number of rotatable bonds is 0. The summed E-state index contributed by atoms with van der Waals surface area (Å²) < 4.78 is 8.88. The van der Waals surface area contributed by atoms with Crippen LogP contribution in [0.15, 0.2) is 0 Å². The zero-order chi connectivity index (χ0) is 4.50. The maximum absolute atomic E-state index is 8.88. The van der Waals surface area contributed by atoms with Crippen molar-refractivity contribution in [2.24, 2.45) is 0 Å². The molecule has 0 saturated carbocycles. The molecule has 1 radical (unpaired) electrons. The van der Waals surface area contributed by atoms with Crippen LogP contribution in [-0.2, 0) is 4.57 Å². The van der Waals surface area contributed by atoms with Gasteiger partial charge < -0.3 is 14.7 Å². The van der Waals surface area contributed by atoms with E-state index in [0.29, 0.717) is 0 Å². The van der Waals surface area contributed by atoms with Crippen molar-refractivity contribution in [1.29, 1.82) is 0 Å². The van der Waals surface area contributed by atoms with Gasteiger partial charge in [0.05, 0.1) is 0 Å². The smallest absolute Gasteiger partial charge is 0.303 e. The molecule has 0 aromatic carbocycles. The van der Waals surface area contributed by atoms with Crippen LogP contribution in [0.25, 0.3) is 0 Å². The minimum Gasteiger partial charge on any atom is -0.303 e. The van der Waals surface area contributed by atoms with Crippen molar-refractivity contribution in [3.8, 4) is 0 Å². The fourth-order valence-corrected chi connectivity index (χ4v) is 0. The van der Waals surface area contributed by atoms with Crippen LogP contribution in [0.2, 0.25) is 0 Å². The molecule has 0 bridgehead atoms. The van der Waals surface area contributed by atoms with E-state index >= 15 is 0 Å². The van der Waals surface area contributed by atoms with Gasteiger partial charge in [0.1, 0.15) is 0 Å². The van der Waals surface area contributed by atoms with Gasteiger partial charge in [-0.1, -0.05) is 0 Å². The molecule has 0 spiro atoms. The van der Waals surface area contributed by atoms with Crippen LogP contribution in [0.5, 0.6) is 0 Å². The van der Waals surface area contributed by atoms with E-state index in [1.54, 1.807) is 0 Å². The maximum Gasteiger partial charge on any atom is 0.466 e. The third-order valence-corrected chi connectivity index (χ3v) is 0. The quantitative estimate of drug-likeness (QED) is 0.485. The number of hydrogen-bond acceptors (Lipinski definition) is 1. The van der Waals surface area contributed by atoms with Gasteiger partial charge in [-0.25, -0.2) is 4.57 Å². The second-order valence-electron chi connectivity index (χ2n) is 0.513. The maximum atomic E-state index is 8.88. The van der Waals surface area contributed by atoms with Gasteiger partial charge in [0.15, 0.2) is 0 Å². The summed E-state index contributed by atoms with van der Waals surface area (Å²) in [4.78, 5) is 21.6. The van der Waals surface area contributed by atoms with Crippen molar-refractivity contribution in [1.82, 2.24) is 0 Å². The zero-order valence-corrected chi connectivity index (χ0v) is 5.89. The predicted octanol–water partition coefficient (Wildman–Crippen LogP) is -0.929. The summed E-state index contributed by atoms with van der Waals surface area (Å²) in [6.45, 7) is 0. The normalized spacial score (nSPS) is 9.83. The molecule has 39 valence electrons. The van der Waals surface area contributed by atoms with Crippen LogP contribution in [0.3, 0.4) is 0 Å². The molecule has 0 aliphatic heterocycles. The molecule has 3 N–H and O–H groups in total. The summed E-state index contributed by atoms with van der Waals surface area (Å²) in [5.74, 6) is 0. The average Bonchev–Trinajstić information content (AvgIpc) is 0.722. The molecule has 0 saturated heterocycles. The van der Waals surface area contributed by atoms with E-state index in [9.17, 15) is 0 Å². The average molecular weight is 250 g/mol. The molecule has 0 fully saturated rings. The summed E-state index contributed by atoms with van der Waals surface area (Å²) in [7, 11) is -4.64. The molecule has 0 heterocycles. The van der Waals surface area contributed by atoms with Gasteiger partial charge in [-0.05, 0) is 0 Å². The first-order chi connectivity index (χ1) is 2.00. The SMILES string of the molecule is O=P(O)(O)O.[Eu]. The summed E-state index contributed by atoms with van der Waals surface area (Å²) in [6.07, 6.45) is 0. The Morgan fingerprint density at radius 2 is 1.17 bits per heavy atom. The monoisotopic (exact) mass is 251 g/mol. The predicted molar refractivity (Wildman–Crippen MR) is 14.3 cm³/mol. The van der Waals surface area contributed by atoms with Crippen molar-refractivity contribution in [2.75, 3.05) is 0 Å². The second-order valence-corrected chi connectivity index (χ2v) is 1.54. The molecule has 0 unspecified atom stereocenters. The summed E-state index contributed by atoms with van der Waals surface area (Å²) in [6, 6.07) is 0. The largest absolute Gasteiger partial charge is 0.466 e. The Morgan fingerprint density at radius 1 is 1.17 bits per heavy atom. The van der Waals surface area contributed by atoms with Gasteiger partial charge in [0.2, 0.25) is 0 Å². The molecule has 0 aliphatic rings. The van der Waals surface area contributed by atoms with Crippen molar-refractivity contribution >= 4 is 7.82 Å². The zero-order valence-electron chi connectivity index (χ0n) is 2.58. The minimum atomic E-state index is -4.64.